The molecule has 0 fully saturated rings. The van der Waals surface area contributed by atoms with E-state index in [9.17, 15) is 10.2 Å². The Kier molecular flexibility index (Phi) is 8.03. The van der Waals surface area contributed by atoms with E-state index in [-0.39, 0.29) is 11.5 Å². The molecule has 124 valence electrons. The molecule has 0 spiro atoms. The van der Waals surface area contributed by atoms with E-state index < -0.39 is 0 Å². The number of aromatic hydroxyl groups is 2. The van der Waals surface area contributed by atoms with Gasteiger partial charge in [-0.15, -0.1) is 0 Å². The number of phenolic OH excluding ortho intramolecular Hbond substituents is 2. The van der Waals surface area contributed by atoms with E-state index in [0.717, 1.165) is 47.9 Å². The van der Waals surface area contributed by atoms with Crippen LogP contribution in [0.2, 0.25) is 0 Å². The van der Waals surface area contributed by atoms with Crippen LogP contribution in [0.1, 0.15) is 67.2 Å². The van der Waals surface area contributed by atoms with Crippen molar-refractivity contribution in [2.45, 2.75) is 65.7 Å². The molecule has 3 heteroatoms. The van der Waals surface area contributed by atoms with Crippen molar-refractivity contribution in [2.75, 3.05) is 6.61 Å². The fraction of sp³-hybridized carbons (Fsp3) is 0.579. The highest BCUT2D eigenvalue weighted by atomic mass is 16.3. The van der Waals surface area contributed by atoms with Crippen molar-refractivity contribution in [3.8, 4) is 11.5 Å². The summed E-state index contributed by atoms with van der Waals surface area (Å²) in [7, 11) is 0. The van der Waals surface area contributed by atoms with Gasteiger partial charge in [0.2, 0.25) is 0 Å². The van der Waals surface area contributed by atoms with Crippen molar-refractivity contribution in [3.63, 3.8) is 0 Å². The number of aliphatic hydroxyl groups is 1. The van der Waals surface area contributed by atoms with Crippen molar-refractivity contribution in [1.29, 1.82) is 0 Å². The zero-order chi connectivity index (χ0) is 16.5. The number of unbranched alkanes of at least 4 members (excludes halogenated alkanes) is 6. The maximum atomic E-state index is 10.2. The molecule has 0 bridgehead atoms. The van der Waals surface area contributed by atoms with Gasteiger partial charge in [0, 0.05) is 17.7 Å². The highest BCUT2D eigenvalue weighted by Crippen LogP contribution is 2.36. The molecule has 0 aromatic heterocycles. The monoisotopic (exact) mass is 306 g/mol. The molecule has 0 heterocycles. The normalized spacial score (nSPS) is 11.5. The lowest BCUT2D eigenvalue weighted by atomic mass is 9.97. The van der Waals surface area contributed by atoms with Gasteiger partial charge in [-0.1, -0.05) is 37.8 Å². The molecule has 0 atom stereocenters. The average molecular weight is 306 g/mol. The summed E-state index contributed by atoms with van der Waals surface area (Å²) < 4.78 is 0. The van der Waals surface area contributed by atoms with Gasteiger partial charge in [-0.2, -0.15) is 0 Å². The minimum atomic E-state index is 0.271. The van der Waals surface area contributed by atoms with Crippen molar-refractivity contribution in [1.82, 2.24) is 0 Å². The predicted molar refractivity (Wildman–Crippen MR) is 92.4 cm³/mol. The molecule has 0 saturated heterocycles. The van der Waals surface area contributed by atoms with Crippen LogP contribution in [-0.2, 0) is 0 Å². The first-order valence-corrected chi connectivity index (χ1v) is 8.29. The highest BCUT2D eigenvalue weighted by Gasteiger charge is 2.14. The predicted octanol–water partition coefficient (Wildman–Crippen LogP) is 4.76. The first-order valence-electron chi connectivity index (χ1n) is 8.29. The summed E-state index contributed by atoms with van der Waals surface area (Å²) in [5, 5.41) is 29.0. The zero-order valence-electron chi connectivity index (χ0n) is 14.2. The highest BCUT2D eigenvalue weighted by molar-refractivity contribution is 5.68. The van der Waals surface area contributed by atoms with E-state index in [1.165, 1.54) is 19.3 Å². The number of allylic oxidation sites excluding steroid dienone is 1. The maximum absolute atomic E-state index is 10.2. The first-order chi connectivity index (χ1) is 10.5. The van der Waals surface area contributed by atoms with Gasteiger partial charge in [-0.05, 0) is 51.2 Å². The summed E-state index contributed by atoms with van der Waals surface area (Å²) in [6.07, 6.45) is 11.7. The average Bonchev–Trinajstić information content (AvgIpc) is 2.52. The Morgan fingerprint density at radius 3 is 1.91 bits per heavy atom. The van der Waals surface area contributed by atoms with E-state index in [1.807, 2.05) is 26.8 Å². The number of hydrogen-bond acceptors (Lipinski definition) is 3. The Morgan fingerprint density at radius 2 is 1.27 bits per heavy atom. The third kappa shape index (κ3) is 5.06. The minimum absolute atomic E-state index is 0.271. The van der Waals surface area contributed by atoms with E-state index >= 15 is 0 Å². The third-order valence-corrected chi connectivity index (χ3v) is 4.35. The van der Waals surface area contributed by atoms with Crippen molar-refractivity contribution in [3.05, 3.63) is 28.3 Å². The second-order valence-electron chi connectivity index (χ2n) is 6.02. The van der Waals surface area contributed by atoms with Crippen molar-refractivity contribution in [2.24, 2.45) is 0 Å². The smallest absolute Gasteiger partial charge is 0.126 e. The molecule has 22 heavy (non-hydrogen) atoms. The minimum Gasteiger partial charge on any atom is -0.507 e. The fourth-order valence-corrected chi connectivity index (χ4v) is 2.63. The van der Waals surface area contributed by atoms with Crippen LogP contribution < -0.4 is 0 Å². The largest absolute Gasteiger partial charge is 0.507 e. The Morgan fingerprint density at radius 1 is 0.727 bits per heavy atom. The molecule has 1 aromatic rings. The third-order valence-electron chi connectivity index (χ3n) is 4.35. The SMILES string of the molecule is Cc1c(C)c(O)c(/C=C/CCCCCCCCO)c(C)c1O. The molecule has 0 amide bonds. The van der Waals surface area contributed by atoms with Gasteiger partial charge in [0.25, 0.3) is 0 Å². The Bertz CT molecular complexity index is 475. The summed E-state index contributed by atoms with van der Waals surface area (Å²) in [6, 6.07) is 0. The number of benzene rings is 1. The summed E-state index contributed by atoms with van der Waals surface area (Å²) >= 11 is 0. The molecule has 0 aliphatic rings. The number of phenols is 2. The van der Waals surface area contributed by atoms with Gasteiger partial charge in [0.1, 0.15) is 11.5 Å². The molecule has 3 N–H and O–H groups in total. The van der Waals surface area contributed by atoms with Gasteiger partial charge in [-0.3, -0.25) is 0 Å². The van der Waals surface area contributed by atoms with Crippen LogP contribution in [0.3, 0.4) is 0 Å². The van der Waals surface area contributed by atoms with Crippen LogP contribution in [0.5, 0.6) is 11.5 Å². The maximum Gasteiger partial charge on any atom is 0.126 e. The van der Waals surface area contributed by atoms with Gasteiger partial charge < -0.3 is 15.3 Å². The van der Waals surface area contributed by atoms with E-state index in [2.05, 4.69) is 6.08 Å². The number of rotatable bonds is 9. The number of hydrogen-bond donors (Lipinski definition) is 3. The van der Waals surface area contributed by atoms with Crippen LogP contribution in [0, 0.1) is 20.8 Å². The Labute approximate surface area is 134 Å². The van der Waals surface area contributed by atoms with E-state index in [1.54, 1.807) is 0 Å². The van der Waals surface area contributed by atoms with Crippen molar-refractivity contribution < 1.29 is 15.3 Å². The van der Waals surface area contributed by atoms with Crippen LogP contribution in [0.4, 0.5) is 0 Å². The number of aliphatic hydroxyl groups excluding tert-OH is 1. The van der Waals surface area contributed by atoms with Gasteiger partial charge >= 0.3 is 0 Å². The molecule has 1 rings (SSSR count). The standard InChI is InChI=1S/C19H30O3/c1-14-15(2)19(22)17(16(3)18(14)21)12-10-8-6-4-5-7-9-11-13-20/h10,12,20-22H,4-9,11,13H2,1-3H3/b12-10+. The summed E-state index contributed by atoms with van der Waals surface area (Å²) in [5.41, 5.74) is 2.95. The molecule has 0 aliphatic carbocycles. The summed E-state index contributed by atoms with van der Waals surface area (Å²) in [6.45, 7) is 5.78. The molecule has 1 aromatic carbocycles. The lowest BCUT2D eigenvalue weighted by molar-refractivity contribution is 0.282. The molecular formula is C19H30O3. The van der Waals surface area contributed by atoms with Gasteiger partial charge in [-0.25, -0.2) is 0 Å². The molecule has 0 radical (unpaired) electrons. The molecule has 0 unspecified atom stereocenters. The second-order valence-corrected chi connectivity index (χ2v) is 6.02. The molecule has 0 aliphatic heterocycles. The van der Waals surface area contributed by atoms with Gasteiger partial charge in [0.15, 0.2) is 0 Å². The topological polar surface area (TPSA) is 60.7 Å². The lowest BCUT2D eigenvalue weighted by Gasteiger charge is -2.13. The quantitative estimate of drug-likeness (QED) is 0.455. The van der Waals surface area contributed by atoms with Crippen LogP contribution >= 0.6 is 0 Å². The molecule has 3 nitrogen and oxygen atoms in total. The van der Waals surface area contributed by atoms with Crippen LogP contribution in [0.25, 0.3) is 6.08 Å². The van der Waals surface area contributed by atoms with E-state index in [4.69, 9.17) is 5.11 Å². The first kappa shape index (κ1) is 18.6. The van der Waals surface area contributed by atoms with Crippen LogP contribution in [-0.4, -0.2) is 21.9 Å². The molecular weight excluding hydrogens is 276 g/mol. The summed E-state index contributed by atoms with van der Waals surface area (Å²) in [4.78, 5) is 0. The Balaban J connectivity index is 2.47. The summed E-state index contributed by atoms with van der Waals surface area (Å²) in [5.74, 6) is 0.548. The van der Waals surface area contributed by atoms with Gasteiger partial charge in [0.05, 0.1) is 0 Å². The fourth-order valence-electron chi connectivity index (χ4n) is 2.63. The lowest BCUT2D eigenvalue weighted by Crippen LogP contribution is -1.92. The van der Waals surface area contributed by atoms with Crippen LogP contribution in [0.15, 0.2) is 6.08 Å². The molecule has 0 saturated carbocycles. The van der Waals surface area contributed by atoms with E-state index in [0.29, 0.717) is 6.61 Å². The Hall–Kier alpha value is -1.48. The van der Waals surface area contributed by atoms with Crippen molar-refractivity contribution >= 4 is 6.08 Å². The second kappa shape index (κ2) is 9.52. The zero-order valence-corrected chi connectivity index (χ0v) is 14.2.